The second-order valence-corrected chi connectivity index (χ2v) is 6.50. The van der Waals surface area contributed by atoms with Gasteiger partial charge in [-0.3, -0.25) is 14.5 Å². The number of benzene rings is 1. The molecular weight excluding hydrogens is 302 g/mol. The predicted octanol–water partition coefficient (Wildman–Crippen LogP) is 1.92. The maximum Gasteiger partial charge on any atom is 0.253 e. The number of carbonyl (C=O) groups is 2. The summed E-state index contributed by atoms with van der Waals surface area (Å²) in [5.74, 6) is 0.153. The Morgan fingerprint density at radius 1 is 1.08 bits per heavy atom. The second-order valence-electron chi connectivity index (χ2n) is 6.50. The van der Waals surface area contributed by atoms with Crippen molar-refractivity contribution in [3.8, 4) is 0 Å². The van der Waals surface area contributed by atoms with Crippen molar-refractivity contribution in [2.75, 3.05) is 32.7 Å². The summed E-state index contributed by atoms with van der Waals surface area (Å²) >= 11 is 0. The van der Waals surface area contributed by atoms with E-state index in [0.29, 0.717) is 19.6 Å². The molecule has 0 aromatic heterocycles. The van der Waals surface area contributed by atoms with Gasteiger partial charge in [0, 0.05) is 37.8 Å². The summed E-state index contributed by atoms with van der Waals surface area (Å²) in [6, 6.07) is 8.07. The largest absolute Gasteiger partial charge is 0.353 e. The van der Waals surface area contributed by atoms with E-state index in [2.05, 4.69) is 24.1 Å². The highest BCUT2D eigenvalue weighted by molar-refractivity contribution is 5.94. The minimum atomic E-state index is 0.0688. The van der Waals surface area contributed by atoms with Gasteiger partial charge in [0.25, 0.3) is 5.91 Å². The smallest absolute Gasteiger partial charge is 0.253 e. The van der Waals surface area contributed by atoms with Crippen LogP contribution in [0, 0.1) is 0 Å². The van der Waals surface area contributed by atoms with Crippen molar-refractivity contribution in [1.82, 2.24) is 15.1 Å². The average molecular weight is 331 g/mol. The molecule has 5 nitrogen and oxygen atoms in total. The minimum Gasteiger partial charge on any atom is -0.353 e. The van der Waals surface area contributed by atoms with Crippen molar-refractivity contribution in [3.63, 3.8) is 0 Å². The molecule has 0 spiro atoms. The van der Waals surface area contributed by atoms with Crippen LogP contribution in [-0.2, 0) is 11.2 Å². The first kappa shape index (κ1) is 18.5. The van der Waals surface area contributed by atoms with Crippen molar-refractivity contribution in [2.45, 2.75) is 39.7 Å². The molecule has 2 rings (SSSR count). The van der Waals surface area contributed by atoms with Crippen molar-refractivity contribution < 1.29 is 9.59 Å². The fourth-order valence-electron chi connectivity index (χ4n) is 2.80. The Morgan fingerprint density at radius 2 is 1.71 bits per heavy atom. The monoisotopic (exact) mass is 331 g/mol. The highest BCUT2D eigenvalue weighted by Gasteiger charge is 2.23. The molecule has 0 bridgehead atoms. The quantitative estimate of drug-likeness (QED) is 0.866. The van der Waals surface area contributed by atoms with E-state index in [1.54, 1.807) is 0 Å². The lowest BCUT2D eigenvalue weighted by atomic mass is 10.1. The highest BCUT2D eigenvalue weighted by Crippen LogP contribution is 2.11. The number of carbonyl (C=O) groups excluding carboxylic acids is 2. The third-order valence-electron chi connectivity index (χ3n) is 4.66. The lowest BCUT2D eigenvalue weighted by molar-refractivity contribution is -0.123. The molecule has 0 saturated carbocycles. The summed E-state index contributed by atoms with van der Waals surface area (Å²) in [7, 11) is 0. The van der Waals surface area contributed by atoms with Crippen molar-refractivity contribution in [1.29, 1.82) is 0 Å². The van der Waals surface area contributed by atoms with Crippen molar-refractivity contribution in [2.24, 2.45) is 0 Å². The van der Waals surface area contributed by atoms with Gasteiger partial charge in [-0.15, -0.1) is 0 Å². The summed E-state index contributed by atoms with van der Waals surface area (Å²) in [5, 5.41) is 2.99. The van der Waals surface area contributed by atoms with E-state index >= 15 is 0 Å². The third-order valence-corrected chi connectivity index (χ3v) is 4.66. The van der Waals surface area contributed by atoms with Crippen LogP contribution in [0.2, 0.25) is 0 Å². The van der Waals surface area contributed by atoms with Gasteiger partial charge >= 0.3 is 0 Å². The SMILES string of the molecule is CCc1ccc(C(=O)N2CCN(CC(=O)NC(C)CC)CC2)cc1. The van der Waals surface area contributed by atoms with Gasteiger partial charge in [-0.1, -0.05) is 26.0 Å². The fraction of sp³-hybridized carbons (Fsp3) is 0.579. The van der Waals surface area contributed by atoms with Gasteiger partial charge in [0.05, 0.1) is 6.54 Å². The molecule has 1 unspecified atom stereocenters. The van der Waals surface area contributed by atoms with Crippen LogP contribution in [-0.4, -0.2) is 60.4 Å². The third kappa shape index (κ3) is 5.06. The van der Waals surface area contributed by atoms with E-state index in [1.807, 2.05) is 36.1 Å². The zero-order valence-electron chi connectivity index (χ0n) is 15.0. The molecule has 0 radical (unpaired) electrons. The fourth-order valence-corrected chi connectivity index (χ4v) is 2.80. The molecule has 1 heterocycles. The maximum atomic E-state index is 12.5. The summed E-state index contributed by atoms with van der Waals surface area (Å²) in [4.78, 5) is 28.5. The van der Waals surface area contributed by atoms with Gasteiger partial charge in [0.1, 0.15) is 0 Å². The number of piperazine rings is 1. The highest BCUT2D eigenvalue weighted by atomic mass is 16.2. The number of aryl methyl sites for hydroxylation is 1. The van der Waals surface area contributed by atoms with E-state index < -0.39 is 0 Å². The molecule has 1 saturated heterocycles. The number of rotatable bonds is 6. The van der Waals surface area contributed by atoms with Crippen LogP contribution in [0.1, 0.15) is 43.1 Å². The summed E-state index contributed by atoms with van der Waals surface area (Å²) < 4.78 is 0. The van der Waals surface area contributed by atoms with Gasteiger partial charge in [-0.25, -0.2) is 0 Å². The molecule has 1 aromatic carbocycles. The van der Waals surface area contributed by atoms with Gasteiger partial charge in [-0.2, -0.15) is 0 Å². The van der Waals surface area contributed by atoms with E-state index in [1.165, 1.54) is 5.56 Å². The lowest BCUT2D eigenvalue weighted by Crippen LogP contribution is -2.51. The zero-order chi connectivity index (χ0) is 17.5. The Bertz CT molecular complexity index is 548. The lowest BCUT2D eigenvalue weighted by Gasteiger charge is -2.34. The first-order chi connectivity index (χ1) is 11.5. The molecule has 24 heavy (non-hydrogen) atoms. The molecule has 1 N–H and O–H groups in total. The number of nitrogens with one attached hydrogen (secondary N) is 1. The first-order valence-corrected chi connectivity index (χ1v) is 8.93. The maximum absolute atomic E-state index is 12.5. The van der Waals surface area contributed by atoms with Gasteiger partial charge in [0.15, 0.2) is 0 Å². The summed E-state index contributed by atoms with van der Waals surface area (Å²) in [5.41, 5.74) is 1.99. The van der Waals surface area contributed by atoms with Crippen LogP contribution in [0.3, 0.4) is 0 Å². The summed E-state index contributed by atoms with van der Waals surface area (Å²) in [6.45, 7) is 9.42. The molecule has 1 aromatic rings. The van der Waals surface area contributed by atoms with Crippen LogP contribution < -0.4 is 5.32 Å². The van der Waals surface area contributed by atoms with Crippen molar-refractivity contribution in [3.05, 3.63) is 35.4 Å². The molecule has 1 fully saturated rings. The first-order valence-electron chi connectivity index (χ1n) is 8.93. The van der Waals surface area contributed by atoms with Gasteiger partial charge in [-0.05, 0) is 37.5 Å². The molecule has 2 amide bonds. The second kappa shape index (κ2) is 8.83. The van der Waals surface area contributed by atoms with Crippen LogP contribution in [0.25, 0.3) is 0 Å². The molecule has 1 aliphatic rings. The number of nitrogens with zero attached hydrogens (tertiary/aromatic N) is 2. The molecule has 0 aliphatic carbocycles. The number of amides is 2. The average Bonchev–Trinajstić information content (AvgIpc) is 2.61. The van der Waals surface area contributed by atoms with Gasteiger partial charge in [0.2, 0.25) is 5.91 Å². The molecule has 5 heteroatoms. The van der Waals surface area contributed by atoms with Crippen molar-refractivity contribution >= 4 is 11.8 Å². The normalized spacial score (nSPS) is 16.7. The topological polar surface area (TPSA) is 52.7 Å². The van der Waals surface area contributed by atoms with Gasteiger partial charge < -0.3 is 10.2 Å². The van der Waals surface area contributed by atoms with E-state index in [4.69, 9.17) is 0 Å². The van der Waals surface area contributed by atoms with Crippen LogP contribution >= 0.6 is 0 Å². The molecule has 132 valence electrons. The Labute approximate surface area is 145 Å². The Hall–Kier alpha value is -1.88. The van der Waals surface area contributed by atoms with Crippen LogP contribution in [0.15, 0.2) is 24.3 Å². The summed E-state index contributed by atoms with van der Waals surface area (Å²) in [6.07, 6.45) is 1.91. The molecule has 1 atom stereocenters. The Balaban J connectivity index is 1.81. The zero-order valence-corrected chi connectivity index (χ0v) is 15.0. The van der Waals surface area contributed by atoms with E-state index in [-0.39, 0.29) is 17.9 Å². The van der Waals surface area contributed by atoms with Crippen LogP contribution in [0.4, 0.5) is 0 Å². The number of hydrogen-bond acceptors (Lipinski definition) is 3. The predicted molar refractivity (Wildman–Crippen MR) is 96.1 cm³/mol. The van der Waals surface area contributed by atoms with E-state index in [9.17, 15) is 9.59 Å². The Morgan fingerprint density at radius 3 is 2.25 bits per heavy atom. The Kier molecular flexibility index (Phi) is 6.79. The minimum absolute atomic E-state index is 0.0688. The number of hydrogen-bond donors (Lipinski definition) is 1. The standard InChI is InChI=1S/C19H29N3O2/c1-4-15(3)20-18(23)14-21-10-12-22(13-11-21)19(24)17-8-6-16(5-2)7-9-17/h6-9,15H,4-5,10-14H2,1-3H3,(H,20,23). The van der Waals surface area contributed by atoms with E-state index in [0.717, 1.165) is 31.5 Å². The molecule has 1 aliphatic heterocycles. The molecular formula is C19H29N3O2. The van der Waals surface area contributed by atoms with Crippen LogP contribution in [0.5, 0.6) is 0 Å².